The summed E-state index contributed by atoms with van der Waals surface area (Å²) in [5.74, 6) is 1.89. The van der Waals surface area contributed by atoms with Crippen molar-refractivity contribution in [2.45, 2.75) is 51.1 Å². The highest BCUT2D eigenvalue weighted by Gasteiger charge is 2.42. The molecule has 2 saturated carbocycles. The van der Waals surface area contributed by atoms with E-state index < -0.39 is 6.04 Å². The smallest absolute Gasteiger partial charge is 0.253 e. The van der Waals surface area contributed by atoms with Crippen LogP contribution in [0.3, 0.4) is 0 Å². The van der Waals surface area contributed by atoms with Crippen molar-refractivity contribution < 1.29 is 9.59 Å². The largest absolute Gasteiger partial charge is 0.353 e. The first-order chi connectivity index (χ1) is 14.5. The van der Waals surface area contributed by atoms with Gasteiger partial charge in [-0.25, -0.2) is 0 Å². The summed E-state index contributed by atoms with van der Waals surface area (Å²) in [5.41, 5.74) is 1.32. The van der Waals surface area contributed by atoms with Crippen LogP contribution in [0.25, 0.3) is 0 Å². The summed E-state index contributed by atoms with van der Waals surface area (Å²) in [6.45, 7) is 2.13. The van der Waals surface area contributed by atoms with Crippen molar-refractivity contribution in [3.8, 4) is 0 Å². The quantitative estimate of drug-likeness (QED) is 0.646. The maximum Gasteiger partial charge on any atom is 0.253 e. The highest BCUT2D eigenvalue weighted by molar-refractivity contribution is 6.33. The number of hydrogen-bond donors (Lipinski definition) is 2. The fraction of sp³-hybridized carbons (Fsp3) is 0.440. The highest BCUT2D eigenvalue weighted by atomic mass is 35.5. The van der Waals surface area contributed by atoms with Gasteiger partial charge in [-0.05, 0) is 61.6 Å². The standard InChI is InChI=1S/C25H29ClN2O2/c1-16(21-14-17-11-12-19(21)13-17)27-24(29)15-23(18-7-3-2-4-8-18)28-25(30)20-9-5-6-10-22(20)26/h2-10,16-17,19,21,23H,11-15H2,1H3,(H,27,29)(H,28,30)/t16-,17-,19-,21-,23-/m0/s1. The van der Waals surface area contributed by atoms with Crippen LogP contribution in [0, 0.1) is 17.8 Å². The van der Waals surface area contributed by atoms with E-state index >= 15 is 0 Å². The van der Waals surface area contributed by atoms with Crippen LogP contribution < -0.4 is 10.6 Å². The monoisotopic (exact) mass is 424 g/mol. The lowest BCUT2D eigenvalue weighted by molar-refractivity contribution is -0.122. The zero-order chi connectivity index (χ0) is 21.1. The molecule has 2 fully saturated rings. The molecule has 2 aromatic rings. The molecular weight excluding hydrogens is 396 g/mol. The lowest BCUT2D eigenvalue weighted by Gasteiger charge is -2.29. The number of carbonyl (C=O) groups excluding carboxylic acids is 2. The number of carbonyl (C=O) groups is 2. The van der Waals surface area contributed by atoms with Gasteiger partial charge < -0.3 is 10.6 Å². The predicted molar refractivity (Wildman–Crippen MR) is 119 cm³/mol. The number of halogens is 1. The number of rotatable bonds is 7. The fourth-order valence-corrected chi connectivity index (χ4v) is 5.55. The van der Waals surface area contributed by atoms with Crippen molar-refractivity contribution in [2.75, 3.05) is 0 Å². The lowest BCUT2D eigenvalue weighted by Crippen LogP contribution is -2.42. The molecule has 2 aliphatic carbocycles. The SMILES string of the molecule is C[C@H](NC(=O)C[C@H](NC(=O)c1ccccc1Cl)c1ccccc1)[C@@H]1C[C@H]2CC[C@H]1C2. The number of nitrogens with one attached hydrogen (secondary N) is 2. The molecule has 0 heterocycles. The summed E-state index contributed by atoms with van der Waals surface area (Å²) in [7, 11) is 0. The zero-order valence-electron chi connectivity index (χ0n) is 17.3. The van der Waals surface area contributed by atoms with Crippen LogP contribution in [0.2, 0.25) is 5.02 Å². The molecular formula is C25H29ClN2O2. The summed E-state index contributed by atoms with van der Waals surface area (Å²) in [5, 5.41) is 6.62. The lowest BCUT2D eigenvalue weighted by atomic mass is 9.84. The third-order valence-electron chi connectivity index (χ3n) is 6.84. The minimum Gasteiger partial charge on any atom is -0.353 e. The van der Waals surface area contributed by atoms with Crippen LogP contribution in [0.4, 0.5) is 0 Å². The van der Waals surface area contributed by atoms with E-state index in [0.29, 0.717) is 16.5 Å². The minimum absolute atomic E-state index is 0.0291. The van der Waals surface area contributed by atoms with Gasteiger partial charge in [0.2, 0.25) is 5.91 Å². The molecule has 2 amide bonds. The summed E-state index contributed by atoms with van der Waals surface area (Å²) in [4.78, 5) is 25.7. The van der Waals surface area contributed by atoms with Gasteiger partial charge in [-0.3, -0.25) is 9.59 Å². The number of fused-ring (bicyclic) bond motifs is 2. The van der Waals surface area contributed by atoms with Crippen LogP contribution in [0.5, 0.6) is 0 Å². The van der Waals surface area contributed by atoms with Crippen LogP contribution in [-0.4, -0.2) is 17.9 Å². The Labute approximate surface area is 183 Å². The molecule has 0 saturated heterocycles. The molecule has 4 nitrogen and oxygen atoms in total. The van der Waals surface area contributed by atoms with E-state index in [1.54, 1.807) is 24.3 Å². The fourth-order valence-electron chi connectivity index (χ4n) is 5.33. The maximum atomic E-state index is 12.9. The molecule has 0 spiro atoms. The van der Waals surface area contributed by atoms with Crippen molar-refractivity contribution in [2.24, 2.45) is 17.8 Å². The summed E-state index contributed by atoms with van der Waals surface area (Å²) >= 11 is 6.19. The molecule has 158 valence electrons. The van der Waals surface area contributed by atoms with Gasteiger partial charge in [-0.15, -0.1) is 0 Å². The molecule has 5 heteroatoms. The van der Waals surface area contributed by atoms with E-state index in [2.05, 4.69) is 17.6 Å². The highest BCUT2D eigenvalue weighted by Crippen LogP contribution is 2.49. The second-order valence-electron chi connectivity index (χ2n) is 8.82. The summed E-state index contributed by atoms with van der Waals surface area (Å²) in [6.07, 6.45) is 5.41. The van der Waals surface area contributed by atoms with Crippen molar-refractivity contribution in [3.63, 3.8) is 0 Å². The van der Waals surface area contributed by atoms with E-state index in [-0.39, 0.29) is 24.3 Å². The van der Waals surface area contributed by atoms with Gasteiger partial charge in [0.1, 0.15) is 0 Å². The Morgan fingerprint density at radius 2 is 1.73 bits per heavy atom. The Morgan fingerprint density at radius 3 is 2.40 bits per heavy atom. The first kappa shape index (κ1) is 20.9. The average Bonchev–Trinajstić information content (AvgIpc) is 3.38. The summed E-state index contributed by atoms with van der Waals surface area (Å²) < 4.78 is 0. The van der Waals surface area contributed by atoms with E-state index in [9.17, 15) is 9.59 Å². The third-order valence-corrected chi connectivity index (χ3v) is 7.17. The zero-order valence-corrected chi connectivity index (χ0v) is 18.1. The molecule has 2 aliphatic rings. The number of benzene rings is 2. The second kappa shape index (κ2) is 9.22. The summed E-state index contributed by atoms with van der Waals surface area (Å²) in [6, 6.07) is 16.3. The van der Waals surface area contributed by atoms with Crippen LogP contribution in [0.1, 0.15) is 61.0 Å². The van der Waals surface area contributed by atoms with E-state index in [1.165, 1.54) is 25.7 Å². The minimum atomic E-state index is -0.415. The molecule has 0 unspecified atom stereocenters. The molecule has 2 N–H and O–H groups in total. The van der Waals surface area contributed by atoms with Gasteiger partial charge in [0.15, 0.2) is 0 Å². The van der Waals surface area contributed by atoms with E-state index in [4.69, 9.17) is 11.6 Å². The molecule has 0 aromatic heterocycles. The molecule has 2 aromatic carbocycles. The van der Waals surface area contributed by atoms with Gasteiger partial charge in [-0.2, -0.15) is 0 Å². The number of amides is 2. The molecule has 4 rings (SSSR count). The first-order valence-electron chi connectivity index (χ1n) is 10.9. The Bertz CT molecular complexity index is 901. The first-order valence-corrected chi connectivity index (χ1v) is 11.3. The normalized spacial score (nSPS) is 24.3. The van der Waals surface area contributed by atoms with Gasteiger partial charge in [0.25, 0.3) is 5.91 Å². The van der Waals surface area contributed by atoms with E-state index in [1.807, 2.05) is 30.3 Å². The van der Waals surface area contributed by atoms with Crippen LogP contribution in [-0.2, 0) is 4.79 Å². The van der Waals surface area contributed by atoms with Crippen molar-refractivity contribution in [1.82, 2.24) is 10.6 Å². The predicted octanol–water partition coefficient (Wildman–Crippen LogP) is 5.14. The molecule has 30 heavy (non-hydrogen) atoms. The molecule has 0 aliphatic heterocycles. The Balaban J connectivity index is 1.43. The van der Waals surface area contributed by atoms with Gasteiger partial charge in [0.05, 0.1) is 23.0 Å². The van der Waals surface area contributed by atoms with Crippen LogP contribution in [0.15, 0.2) is 54.6 Å². The van der Waals surface area contributed by atoms with E-state index in [0.717, 1.165) is 17.4 Å². The van der Waals surface area contributed by atoms with Crippen molar-refractivity contribution in [1.29, 1.82) is 0 Å². The van der Waals surface area contributed by atoms with Gasteiger partial charge >= 0.3 is 0 Å². The molecule has 5 atom stereocenters. The maximum absolute atomic E-state index is 12.9. The Kier molecular flexibility index (Phi) is 6.43. The van der Waals surface area contributed by atoms with Crippen molar-refractivity contribution in [3.05, 3.63) is 70.7 Å². The van der Waals surface area contributed by atoms with Crippen LogP contribution >= 0.6 is 11.6 Å². The topological polar surface area (TPSA) is 58.2 Å². The second-order valence-corrected chi connectivity index (χ2v) is 9.22. The number of hydrogen-bond acceptors (Lipinski definition) is 2. The van der Waals surface area contributed by atoms with Gasteiger partial charge in [0, 0.05) is 6.04 Å². The third kappa shape index (κ3) is 4.70. The average molecular weight is 425 g/mol. The molecule has 0 radical (unpaired) electrons. The van der Waals surface area contributed by atoms with Crippen molar-refractivity contribution >= 4 is 23.4 Å². The Hall–Kier alpha value is -2.33. The Morgan fingerprint density at radius 1 is 1.00 bits per heavy atom. The molecule has 2 bridgehead atoms. The van der Waals surface area contributed by atoms with Gasteiger partial charge in [-0.1, -0.05) is 60.5 Å².